The Morgan fingerprint density at radius 1 is 0.500 bits per heavy atom. The van der Waals surface area contributed by atoms with Gasteiger partial charge >= 0.3 is 81.9 Å². The smallest absolute Gasteiger partial charge is 0.474 e. The van der Waals surface area contributed by atoms with E-state index in [2.05, 4.69) is 37.3 Å². The molecule has 0 aliphatic rings. The molecule has 0 amide bonds. The van der Waals surface area contributed by atoms with Gasteiger partial charge in [-0.1, -0.05) is 74.3 Å². The molecule has 0 fully saturated rings. The molecular weight excluding hydrogens is 1030 g/mol. The van der Waals surface area contributed by atoms with E-state index >= 15 is 0 Å². The molecule has 0 aromatic heterocycles. The summed E-state index contributed by atoms with van der Waals surface area (Å²) in [6.45, 7) is 5.23. The van der Waals surface area contributed by atoms with Crippen molar-refractivity contribution in [3.8, 4) is 0 Å². The molecule has 31 N–H and O–H groups in total. The van der Waals surface area contributed by atoms with Crippen molar-refractivity contribution in [2.75, 3.05) is 34.2 Å². The van der Waals surface area contributed by atoms with Crippen LogP contribution in [0.3, 0.4) is 0 Å². The molecule has 16 nitrogen and oxygen atoms in total. The SMILES string of the molecule is C.C.C.C.C.C.C.C.C.C.C=NC.CN.CN.N.O.O.O.O.O.O.O.O.O.O.[CH2-][NH2+]CC[NH2+][CH2-].[CH3-].[Cd+2].[Cd+2].[Cd+2].[Cd].[Cd]. The fraction of sp³-hybridized carbons (Fsp3) is 0.789. The minimum Gasteiger partial charge on any atom is -0.474 e. The van der Waals surface area contributed by atoms with Gasteiger partial charge in [0.25, 0.3) is 0 Å². The molecule has 0 atom stereocenters. The van der Waals surface area contributed by atoms with Crippen LogP contribution in [0.5, 0.6) is 0 Å². The van der Waals surface area contributed by atoms with Crippen LogP contribution >= 0.6 is 0 Å². The van der Waals surface area contributed by atoms with Gasteiger partial charge in [-0.2, -0.15) is 14.1 Å². The van der Waals surface area contributed by atoms with Crippen LogP contribution in [0.15, 0.2) is 4.99 Å². The Morgan fingerprint density at radius 2 is 0.550 bits per heavy atom. The van der Waals surface area contributed by atoms with Crippen LogP contribution in [-0.2, 0) is 136 Å². The molecule has 0 heterocycles. The molecule has 40 heavy (non-hydrogen) atoms. The van der Waals surface area contributed by atoms with Crippen LogP contribution in [0.2, 0.25) is 0 Å². The van der Waals surface area contributed by atoms with Gasteiger partial charge in [-0.3, -0.25) is 0 Å². The van der Waals surface area contributed by atoms with Crippen molar-refractivity contribution in [3.05, 3.63) is 21.5 Å². The molecule has 264 valence electrons. The maximum Gasteiger partial charge on any atom is 2.00 e. The second-order valence-corrected chi connectivity index (χ2v) is 1.47. The third-order valence-corrected chi connectivity index (χ3v) is 0.575. The summed E-state index contributed by atoms with van der Waals surface area (Å²) in [5.41, 5.74) is 9.00. The average molecular weight is 1130 g/mol. The Hall–Kier alpha value is 3.68. The van der Waals surface area contributed by atoms with Crippen molar-refractivity contribution in [3.63, 3.8) is 0 Å². The standard InChI is InChI=1S/C4H12N2.C2H5N.2CH5N.10CH4.CH3.5Cd.H3N.10H2O/c1-5-3-4-6-2;1-3-2;2*1-2;;;;;;;;;;;;;;;;;;;;;;;;;;;/h1-6H2;1H2,2H3;2*2H2,1H3;10*1H4;1H3;;;;;;1H3;10*1H2/q;;;;;;;;;;;;;;-1;;;3*+2;;;;;;;;;;;. The van der Waals surface area contributed by atoms with Gasteiger partial charge in [0.1, 0.15) is 0 Å². The van der Waals surface area contributed by atoms with Gasteiger partial charge < -0.3 is 95.4 Å². The zero-order valence-electron chi connectivity index (χ0n) is 19.5. The zero-order chi connectivity index (χ0) is 11.5. The summed E-state index contributed by atoms with van der Waals surface area (Å²) in [5, 5.41) is 3.78. The molecule has 0 unspecified atom stereocenters. The van der Waals surface area contributed by atoms with E-state index in [4.69, 9.17) is 0 Å². The minimum absolute atomic E-state index is 0. The van der Waals surface area contributed by atoms with Crippen LogP contribution in [0.1, 0.15) is 74.3 Å². The minimum atomic E-state index is 0. The predicted octanol–water partition coefficient (Wildman–Crippen LogP) is -4.12. The molecule has 0 saturated carbocycles. The molecule has 0 rings (SSSR count). The van der Waals surface area contributed by atoms with Crippen LogP contribution in [0.25, 0.3) is 0 Å². The predicted molar refractivity (Wildman–Crippen MR) is 175 cm³/mol. The van der Waals surface area contributed by atoms with Gasteiger partial charge in [-0.15, -0.1) is 0 Å². The van der Waals surface area contributed by atoms with E-state index in [-0.39, 0.29) is 279 Å². The van der Waals surface area contributed by atoms with Crippen LogP contribution in [0, 0.1) is 21.5 Å². The topological polar surface area (TPSA) is 448 Å². The molecule has 0 aliphatic carbocycles. The Balaban J connectivity index is -0.000000000787. The number of nitrogens with zero attached hydrogens (tertiary/aromatic N) is 1. The summed E-state index contributed by atoms with van der Waals surface area (Å²) in [6, 6.07) is 0. The summed E-state index contributed by atoms with van der Waals surface area (Å²) in [6.07, 6.45) is 0. The zero-order valence-corrected chi connectivity index (χ0v) is 39.7. The Labute approximate surface area is 356 Å². The molecule has 0 spiro atoms. The summed E-state index contributed by atoms with van der Waals surface area (Å²) in [7, 11) is 11.7. The van der Waals surface area contributed by atoms with Gasteiger partial charge in [0, 0.05) is 61.6 Å². The van der Waals surface area contributed by atoms with Gasteiger partial charge in [-0.05, 0) is 20.8 Å². The maximum absolute atomic E-state index is 4.50. The van der Waals surface area contributed by atoms with Crippen molar-refractivity contribution in [1.82, 2.24) is 6.15 Å². The molecule has 0 saturated heterocycles. The van der Waals surface area contributed by atoms with E-state index in [0.717, 1.165) is 13.1 Å². The first kappa shape index (κ1) is 495. The molecule has 0 aliphatic heterocycles. The number of rotatable bonds is 3. The molecule has 0 bridgehead atoms. The van der Waals surface area contributed by atoms with Crippen molar-refractivity contribution < 1.29 is 202 Å². The van der Waals surface area contributed by atoms with Gasteiger partial charge in [0.15, 0.2) is 0 Å². The number of nitrogens with two attached hydrogens (primary N) is 4. The van der Waals surface area contributed by atoms with Gasteiger partial charge in [0.2, 0.25) is 0 Å². The van der Waals surface area contributed by atoms with E-state index in [1.54, 1.807) is 7.05 Å². The summed E-state index contributed by atoms with van der Waals surface area (Å²) in [5.74, 6) is 0. The van der Waals surface area contributed by atoms with Crippen molar-refractivity contribution >= 4 is 6.72 Å². The summed E-state index contributed by atoms with van der Waals surface area (Å²) >= 11 is 0. The fourth-order valence-corrected chi connectivity index (χ4v) is 0.236. The Bertz CT molecular complexity index is 105. The van der Waals surface area contributed by atoms with Crippen molar-refractivity contribution in [2.45, 2.75) is 74.3 Å². The first-order valence-corrected chi connectivity index (χ1v) is 4.05. The molecular formula is C19H93Cd5N6O10+5. The number of aliphatic imine (C=N–C) groups is 1. The largest absolute Gasteiger partial charge is 2.00 e. The van der Waals surface area contributed by atoms with Gasteiger partial charge in [-0.25, -0.2) is 0 Å². The van der Waals surface area contributed by atoms with Crippen molar-refractivity contribution in [2.24, 2.45) is 16.5 Å². The van der Waals surface area contributed by atoms with E-state index < -0.39 is 0 Å². The molecule has 0 aromatic carbocycles. The first-order chi connectivity index (χ1) is 6.33. The van der Waals surface area contributed by atoms with Crippen LogP contribution in [0.4, 0.5) is 0 Å². The average Bonchev–Trinajstić information content (AvgIpc) is 2.22. The number of hydrogen-bond donors (Lipinski definition) is 5. The van der Waals surface area contributed by atoms with Gasteiger partial charge in [0.05, 0.1) is 13.1 Å². The summed E-state index contributed by atoms with van der Waals surface area (Å²) in [4.78, 5) is 3.25. The fourth-order valence-electron chi connectivity index (χ4n) is 0.236. The molecule has 0 aromatic rings. The monoisotopic (exact) mass is 1140 g/mol. The quantitative estimate of drug-likeness (QED) is 0.0815. The Morgan fingerprint density at radius 3 is 0.575 bits per heavy atom. The van der Waals surface area contributed by atoms with Crippen molar-refractivity contribution in [1.29, 1.82) is 0 Å². The third kappa shape index (κ3) is 1550. The molecule has 21 heteroatoms. The van der Waals surface area contributed by atoms with E-state index in [9.17, 15) is 0 Å². The normalized spacial score (nSPS) is 1.98. The van der Waals surface area contributed by atoms with E-state index in [1.807, 2.05) is 10.6 Å². The Kier molecular flexibility index (Phi) is 12200. The number of hydrogen-bond acceptors (Lipinski definition) is 4. The number of quaternary nitrogens is 2. The second-order valence-electron chi connectivity index (χ2n) is 1.47. The van der Waals surface area contributed by atoms with Crippen LogP contribution in [-0.4, -0.2) is 95.7 Å². The van der Waals surface area contributed by atoms with Crippen LogP contribution < -0.4 is 28.3 Å². The first-order valence-electron chi connectivity index (χ1n) is 4.05. The second kappa shape index (κ2) is 984. The van der Waals surface area contributed by atoms with E-state index in [1.165, 1.54) is 14.1 Å². The maximum atomic E-state index is 4.50. The molecule has 0 radical (unpaired) electrons. The third-order valence-electron chi connectivity index (χ3n) is 0.575. The van der Waals surface area contributed by atoms with E-state index in [0.29, 0.717) is 0 Å². The summed E-state index contributed by atoms with van der Waals surface area (Å²) < 4.78 is 0.